The van der Waals surface area contributed by atoms with Crippen LogP contribution < -0.4 is 0 Å². The van der Waals surface area contributed by atoms with Crippen LogP contribution in [0.4, 0.5) is 0 Å². The van der Waals surface area contributed by atoms with Crippen molar-refractivity contribution in [2.45, 2.75) is 96.2 Å². The van der Waals surface area contributed by atoms with E-state index in [1.807, 2.05) is 0 Å². The molecule has 0 amide bonds. The van der Waals surface area contributed by atoms with Gasteiger partial charge < -0.3 is 4.74 Å². The van der Waals surface area contributed by atoms with E-state index in [-0.39, 0.29) is 11.2 Å². The highest BCUT2D eigenvalue weighted by Crippen LogP contribution is 2.59. The number of hydrogen-bond acceptors (Lipinski definition) is 1. The Morgan fingerprint density at radius 2 is 2.05 bits per heavy atom. The molecule has 2 aliphatic rings. The van der Waals surface area contributed by atoms with Crippen molar-refractivity contribution in [3.63, 3.8) is 0 Å². The maximum atomic E-state index is 6.33. The van der Waals surface area contributed by atoms with Crippen LogP contribution in [0.1, 0.15) is 85.0 Å². The Hall–Kier alpha value is -0.300. The predicted molar refractivity (Wildman–Crippen MR) is 82.4 cm³/mol. The number of epoxide rings is 1. The molecule has 0 aromatic carbocycles. The number of unbranched alkanes of at least 4 members (excludes halogenated alkanes) is 3. The summed E-state index contributed by atoms with van der Waals surface area (Å²) in [6.07, 6.45) is 13.2. The summed E-state index contributed by atoms with van der Waals surface area (Å²) in [6, 6.07) is 0. The standard InChI is InChI=1S/C18H32O/c1-5-6-7-9-13-18-14-16(15(2)3)11-8-10-12-17(18,4)19-18/h16H,2,5-14H2,1,3-4H3. The number of ether oxygens (including phenoxy) is 1. The maximum Gasteiger partial charge on any atom is 0.0982 e. The lowest BCUT2D eigenvalue weighted by atomic mass is 9.74. The molecule has 1 saturated carbocycles. The van der Waals surface area contributed by atoms with Gasteiger partial charge in [0.15, 0.2) is 0 Å². The molecule has 0 radical (unpaired) electrons. The smallest absolute Gasteiger partial charge is 0.0982 e. The van der Waals surface area contributed by atoms with Crippen LogP contribution in [0.25, 0.3) is 0 Å². The molecule has 1 heteroatoms. The van der Waals surface area contributed by atoms with Crippen LogP contribution in [0.15, 0.2) is 12.2 Å². The molecule has 0 bridgehead atoms. The van der Waals surface area contributed by atoms with Crippen molar-refractivity contribution < 1.29 is 4.74 Å². The van der Waals surface area contributed by atoms with Gasteiger partial charge in [-0.1, -0.05) is 57.6 Å². The van der Waals surface area contributed by atoms with Crippen LogP contribution in [0.2, 0.25) is 0 Å². The first-order valence-electron chi connectivity index (χ1n) is 8.38. The fraction of sp³-hybridized carbons (Fsp3) is 0.889. The third-order valence-electron chi connectivity index (χ3n) is 5.51. The van der Waals surface area contributed by atoms with Crippen LogP contribution in [0.3, 0.4) is 0 Å². The first kappa shape index (κ1) is 15.1. The van der Waals surface area contributed by atoms with Gasteiger partial charge in [-0.05, 0) is 45.4 Å². The van der Waals surface area contributed by atoms with Crippen molar-refractivity contribution in [2.75, 3.05) is 0 Å². The molecule has 1 aliphatic carbocycles. The summed E-state index contributed by atoms with van der Waals surface area (Å²) in [5.74, 6) is 0.688. The fourth-order valence-corrected chi connectivity index (χ4v) is 3.97. The largest absolute Gasteiger partial charge is 0.363 e. The Balaban J connectivity index is 1.96. The van der Waals surface area contributed by atoms with Gasteiger partial charge in [-0.15, -0.1) is 0 Å². The first-order valence-corrected chi connectivity index (χ1v) is 8.38. The second-order valence-corrected chi connectivity index (χ2v) is 7.13. The fourth-order valence-electron chi connectivity index (χ4n) is 3.97. The van der Waals surface area contributed by atoms with Crippen molar-refractivity contribution in [1.82, 2.24) is 0 Å². The molecule has 3 unspecified atom stereocenters. The van der Waals surface area contributed by atoms with Gasteiger partial charge in [0.25, 0.3) is 0 Å². The second-order valence-electron chi connectivity index (χ2n) is 7.13. The molecular formula is C18H32O. The first-order chi connectivity index (χ1) is 9.03. The van der Waals surface area contributed by atoms with Gasteiger partial charge in [0.2, 0.25) is 0 Å². The van der Waals surface area contributed by atoms with Gasteiger partial charge in [0, 0.05) is 0 Å². The minimum atomic E-state index is 0.188. The number of allylic oxidation sites excluding steroid dienone is 1. The van der Waals surface area contributed by atoms with Crippen molar-refractivity contribution >= 4 is 0 Å². The summed E-state index contributed by atoms with van der Waals surface area (Å²) >= 11 is 0. The molecule has 1 saturated heterocycles. The van der Waals surface area contributed by atoms with Crippen molar-refractivity contribution in [3.8, 4) is 0 Å². The number of hydrogen-bond donors (Lipinski definition) is 0. The minimum Gasteiger partial charge on any atom is -0.363 e. The number of rotatable bonds is 6. The average Bonchev–Trinajstić information content (AvgIpc) is 2.90. The van der Waals surface area contributed by atoms with Gasteiger partial charge in [-0.25, -0.2) is 0 Å². The molecule has 1 aliphatic heterocycles. The molecule has 2 rings (SSSR count). The summed E-state index contributed by atoms with van der Waals surface area (Å²) in [5, 5.41) is 0. The highest BCUT2D eigenvalue weighted by molar-refractivity contribution is 5.16. The lowest BCUT2D eigenvalue weighted by Crippen LogP contribution is -2.28. The quantitative estimate of drug-likeness (QED) is 0.343. The van der Waals surface area contributed by atoms with Crippen molar-refractivity contribution in [3.05, 3.63) is 12.2 Å². The predicted octanol–water partition coefficient (Wildman–Crippen LogP) is 5.64. The lowest BCUT2D eigenvalue weighted by molar-refractivity contribution is 0.231. The molecule has 0 N–H and O–H groups in total. The van der Waals surface area contributed by atoms with Gasteiger partial charge in [0.05, 0.1) is 11.2 Å². The van der Waals surface area contributed by atoms with Crippen LogP contribution >= 0.6 is 0 Å². The van der Waals surface area contributed by atoms with Gasteiger partial charge in [0.1, 0.15) is 0 Å². The topological polar surface area (TPSA) is 12.5 Å². The van der Waals surface area contributed by atoms with E-state index in [2.05, 4.69) is 27.4 Å². The van der Waals surface area contributed by atoms with E-state index >= 15 is 0 Å². The Kier molecular flexibility index (Phi) is 4.76. The zero-order valence-electron chi connectivity index (χ0n) is 13.3. The maximum absolute atomic E-state index is 6.33. The highest BCUT2D eigenvalue weighted by Gasteiger charge is 2.65. The van der Waals surface area contributed by atoms with Crippen molar-refractivity contribution in [1.29, 1.82) is 0 Å². The van der Waals surface area contributed by atoms with E-state index in [0.717, 1.165) is 0 Å². The zero-order valence-corrected chi connectivity index (χ0v) is 13.3. The minimum absolute atomic E-state index is 0.188. The summed E-state index contributed by atoms with van der Waals surface area (Å²) in [4.78, 5) is 0. The highest BCUT2D eigenvalue weighted by atomic mass is 16.6. The SMILES string of the molecule is C=C(C)C1CCCCC2(C)OC2(CCCCCC)C1. The summed E-state index contributed by atoms with van der Waals surface area (Å²) < 4.78 is 6.33. The van der Waals surface area contributed by atoms with E-state index in [9.17, 15) is 0 Å². The molecule has 2 fully saturated rings. The molecule has 0 aromatic heterocycles. The van der Waals surface area contributed by atoms with Gasteiger partial charge in [-0.2, -0.15) is 0 Å². The summed E-state index contributed by atoms with van der Waals surface area (Å²) in [6.45, 7) is 11.1. The van der Waals surface area contributed by atoms with E-state index in [0.29, 0.717) is 5.92 Å². The monoisotopic (exact) mass is 264 g/mol. The average molecular weight is 264 g/mol. The molecule has 1 nitrogen and oxygen atoms in total. The van der Waals surface area contributed by atoms with Gasteiger partial charge in [-0.3, -0.25) is 0 Å². The molecule has 19 heavy (non-hydrogen) atoms. The zero-order chi connectivity index (χ0) is 13.9. The third kappa shape index (κ3) is 3.24. The molecule has 1 heterocycles. The summed E-state index contributed by atoms with van der Waals surface area (Å²) in [7, 11) is 0. The number of fused-ring (bicyclic) bond motifs is 1. The Morgan fingerprint density at radius 1 is 1.26 bits per heavy atom. The molecule has 3 atom stereocenters. The Morgan fingerprint density at radius 3 is 2.74 bits per heavy atom. The van der Waals surface area contributed by atoms with E-state index in [1.54, 1.807) is 0 Å². The van der Waals surface area contributed by atoms with E-state index in [4.69, 9.17) is 4.74 Å². The normalized spacial score (nSPS) is 38.2. The lowest BCUT2D eigenvalue weighted by Gasteiger charge is -2.27. The molecule has 0 spiro atoms. The molecule has 110 valence electrons. The van der Waals surface area contributed by atoms with Crippen LogP contribution in [0, 0.1) is 5.92 Å². The van der Waals surface area contributed by atoms with Crippen LogP contribution in [0.5, 0.6) is 0 Å². The van der Waals surface area contributed by atoms with Crippen LogP contribution in [-0.2, 0) is 4.74 Å². The third-order valence-corrected chi connectivity index (χ3v) is 5.51. The van der Waals surface area contributed by atoms with Crippen molar-refractivity contribution in [2.24, 2.45) is 5.92 Å². The Bertz CT molecular complexity index is 322. The second kappa shape index (κ2) is 5.99. The molecule has 0 aromatic rings. The van der Waals surface area contributed by atoms with Crippen LogP contribution in [-0.4, -0.2) is 11.2 Å². The Labute approximate surface area is 119 Å². The molecular weight excluding hydrogens is 232 g/mol. The summed E-state index contributed by atoms with van der Waals surface area (Å²) in [5.41, 5.74) is 1.76. The van der Waals surface area contributed by atoms with E-state index < -0.39 is 0 Å². The van der Waals surface area contributed by atoms with Gasteiger partial charge >= 0.3 is 0 Å². The van der Waals surface area contributed by atoms with E-state index in [1.165, 1.54) is 69.8 Å².